The molecule has 10 aromatic carbocycles. The van der Waals surface area contributed by atoms with Crippen LogP contribution in [0.25, 0.3) is 76.5 Å². The Bertz CT molecular complexity index is 3900. The maximum atomic E-state index is 14.7. The van der Waals surface area contributed by atoms with Crippen LogP contribution in [0.2, 0.25) is 0 Å². The fourth-order valence-corrected chi connectivity index (χ4v) is 10.4. The highest BCUT2D eigenvalue weighted by Gasteiger charge is 2.38. The first-order valence-corrected chi connectivity index (χ1v) is 21.9. The van der Waals surface area contributed by atoms with E-state index in [0.29, 0.717) is 0 Å². The molecule has 2 heterocycles. The summed E-state index contributed by atoms with van der Waals surface area (Å²) in [6, 6.07) is 64.2. The van der Waals surface area contributed by atoms with Crippen molar-refractivity contribution in [2.24, 2.45) is 0 Å². The summed E-state index contributed by atoms with van der Waals surface area (Å²) in [4.78, 5) is 4.38. The van der Waals surface area contributed by atoms with Gasteiger partial charge in [-0.05, 0) is 142 Å². The predicted molar refractivity (Wildman–Crippen MR) is 263 cm³/mol. The Morgan fingerprint density at radius 1 is 0.385 bits per heavy atom. The van der Waals surface area contributed by atoms with Gasteiger partial charge in [0.05, 0.1) is 17.1 Å². The number of para-hydroxylation sites is 4. The molecule has 0 amide bonds. The van der Waals surface area contributed by atoms with Gasteiger partial charge in [0, 0.05) is 49.4 Å². The molecule has 0 aliphatic heterocycles. The van der Waals surface area contributed by atoms with E-state index in [1.54, 1.807) is 0 Å². The van der Waals surface area contributed by atoms with Crippen molar-refractivity contribution >= 4 is 99.5 Å². The fraction of sp³-hybridized carbons (Fsp3) is 0.0508. The minimum atomic E-state index is -0.413. The van der Waals surface area contributed by atoms with Gasteiger partial charge in [-0.3, -0.25) is 0 Å². The van der Waals surface area contributed by atoms with E-state index >= 15 is 0 Å². The largest absolute Gasteiger partial charge is 0.454 e. The molecule has 65 heavy (non-hydrogen) atoms. The van der Waals surface area contributed by atoms with Crippen LogP contribution in [0, 0.1) is 11.6 Å². The fourth-order valence-electron chi connectivity index (χ4n) is 10.4. The van der Waals surface area contributed by atoms with Crippen LogP contribution in [0.4, 0.5) is 42.9 Å². The zero-order chi connectivity index (χ0) is 43.6. The molecule has 310 valence electrons. The molecule has 1 aliphatic carbocycles. The molecule has 13 rings (SSSR count). The molecule has 0 saturated heterocycles. The van der Waals surface area contributed by atoms with Crippen molar-refractivity contribution in [1.29, 1.82) is 0 Å². The van der Waals surface area contributed by atoms with Crippen molar-refractivity contribution in [2.75, 3.05) is 9.80 Å². The summed E-state index contributed by atoms with van der Waals surface area (Å²) in [6.45, 7) is 4.61. The van der Waals surface area contributed by atoms with E-state index < -0.39 is 5.41 Å². The van der Waals surface area contributed by atoms with Crippen molar-refractivity contribution in [1.82, 2.24) is 0 Å². The SMILES string of the molecule is CC1(C)c2cc3cc(N(c4ccc(F)cc4)c4cccc5c4oc4ccccc45)ccc3cc2-c2c1cc(N(c1ccc(F)cc1)c1cccc3c1oc1ccccc13)c1ccccc21. The molecule has 0 atom stereocenters. The van der Waals surface area contributed by atoms with Gasteiger partial charge in [-0.25, -0.2) is 8.78 Å². The van der Waals surface area contributed by atoms with Gasteiger partial charge >= 0.3 is 0 Å². The van der Waals surface area contributed by atoms with Crippen molar-refractivity contribution in [3.63, 3.8) is 0 Å². The number of nitrogens with zero attached hydrogens (tertiary/aromatic N) is 2. The first-order valence-electron chi connectivity index (χ1n) is 21.9. The van der Waals surface area contributed by atoms with Crippen LogP contribution in [0.3, 0.4) is 0 Å². The Balaban J connectivity index is 1.01. The monoisotopic (exact) mass is 844 g/mol. The summed E-state index contributed by atoms with van der Waals surface area (Å²) in [5.41, 5.74) is 12.8. The highest BCUT2D eigenvalue weighted by molar-refractivity contribution is 6.15. The second-order valence-corrected chi connectivity index (χ2v) is 17.5. The highest BCUT2D eigenvalue weighted by Crippen LogP contribution is 2.56. The standard InChI is InChI=1S/C59H38F2N2O2/c1-59(2)49-33-36-31-41(62(39-27-22-37(60)23-28-39)51-17-9-15-46-43-12-5-7-19-54(43)64-57(46)51)26-21-35(36)32-48(49)56-45-14-4-3-11-42(45)53(34-50(56)59)63(40-29-24-38(61)25-30-40)52-18-10-16-47-44-13-6-8-20-55(44)65-58(47)52/h3-34H,1-2H3. The average Bonchev–Trinajstić information content (AvgIpc) is 3.98. The maximum Gasteiger partial charge on any atom is 0.159 e. The Morgan fingerprint density at radius 3 is 1.51 bits per heavy atom. The van der Waals surface area contributed by atoms with Crippen LogP contribution in [-0.4, -0.2) is 0 Å². The van der Waals surface area contributed by atoms with Crippen LogP contribution < -0.4 is 9.80 Å². The number of hydrogen-bond acceptors (Lipinski definition) is 4. The molecule has 0 saturated carbocycles. The quantitative estimate of drug-likeness (QED) is 0.167. The first kappa shape index (κ1) is 37.3. The molecule has 12 aromatic rings. The second kappa shape index (κ2) is 13.9. The molecule has 0 spiro atoms. The van der Waals surface area contributed by atoms with E-state index in [9.17, 15) is 8.78 Å². The molecule has 0 unspecified atom stereocenters. The topological polar surface area (TPSA) is 32.8 Å². The predicted octanol–water partition coefficient (Wildman–Crippen LogP) is 17.3. The van der Waals surface area contributed by atoms with E-state index in [1.807, 2.05) is 60.7 Å². The molecular weight excluding hydrogens is 807 g/mol. The summed E-state index contributed by atoms with van der Waals surface area (Å²) >= 11 is 0. The normalized spacial score (nSPS) is 13.0. The third-order valence-corrected chi connectivity index (χ3v) is 13.5. The number of benzene rings is 10. The lowest BCUT2D eigenvalue weighted by molar-refractivity contribution is 0.627. The summed E-state index contributed by atoms with van der Waals surface area (Å²) in [6.07, 6.45) is 0. The summed E-state index contributed by atoms with van der Waals surface area (Å²) < 4.78 is 42.3. The molecule has 6 heteroatoms. The molecule has 0 fully saturated rings. The second-order valence-electron chi connectivity index (χ2n) is 17.5. The van der Waals surface area contributed by atoms with Crippen molar-refractivity contribution < 1.29 is 17.6 Å². The van der Waals surface area contributed by atoms with Gasteiger partial charge in [-0.15, -0.1) is 0 Å². The minimum absolute atomic E-state index is 0.297. The van der Waals surface area contributed by atoms with Crippen LogP contribution in [0.1, 0.15) is 25.0 Å². The smallest absolute Gasteiger partial charge is 0.159 e. The molecule has 2 aromatic heterocycles. The number of halogens is 2. The van der Waals surface area contributed by atoms with Crippen LogP contribution >= 0.6 is 0 Å². The van der Waals surface area contributed by atoms with E-state index in [-0.39, 0.29) is 11.6 Å². The highest BCUT2D eigenvalue weighted by atomic mass is 19.1. The maximum absolute atomic E-state index is 14.7. The molecule has 0 bridgehead atoms. The Kier molecular flexibility index (Phi) is 7.98. The number of rotatable bonds is 6. The van der Waals surface area contributed by atoms with Crippen molar-refractivity contribution in [2.45, 2.75) is 19.3 Å². The zero-order valence-corrected chi connectivity index (χ0v) is 35.4. The van der Waals surface area contributed by atoms with Gasteiger partial charge in [0.2, 0.25) is 0 Å². The summed E-state index contributed by atoms with van der Waals surface area (Å²) in [7, 11) is 0. The van der Waals surface area contributed by atoms with Crippen LogP contribution in [0.15, 0.2) is 203 Å². The van der Waals surface area contributed by atoms with Gasteiger partial charge in [0.15, 0.2) is 11.2 Å². The molecule has 1 aliphatic rings. The lowest BCUT2D eigenvalue weighted by Gasteiger charge is -2.29. The van der Waals surface area contributed by atoms with Crippen LogP contribution in [0.5, 0.6) is 0 Å². The van der Waals surface area contributed by atoms with E-state index in [1.165, 1.54) is 46.5 Å². The van der Waals surface area contributed by atoms with Gasteiger partial charge in [-0.2, -0.15) is 0 Å². The summed E-state index contributed by atoms with van der Waals surface area (Å²) in [5.74, 6) is -0.594. The summed E-state index contributed by atoms with van der Waals surface area (Å²) in [5, 5.41) is 8.51. The van der Waals surface area contributed by atoms with E-state index in [2.05, 4.69) is 133 Å². The van der Waals surface area contributed by atoms with E-state index in [4.69, 9.17) is 8.83 Å². The number of anilines is 6. The van der Waals surface area contributed by atoms with Gasteiger partial charge in [0.1, 0.15) is 22.8 Å². The minimum Gasteiger partial charge on any atom is -0.454 e. The number of fused-ring (bicyclic) bond motifs is 12. The Hall–Kier alpha value is -8.22. The number of furan rings is 2. The number of hydrogen-bond donors (Lipinski definition) is 0. The average molecular weight is 845 g/mol. The van der Waals surface area contributed by atoms with Crippen LogP contribution in [-0.2, 0) is 5.41 Å². The zero-order valence-electron chi connectivity index (χ0n) is 35.4. The lowest BCUT2D eigenvalue weighted by atomic mass is 9.81. The van der Waals surface area contributed by atoms with Gasteiger partial charge in [0.25, 0.3) is 0 Å². The third-order valence-electron chi connectivity index (χ3n) is 13.5. The van der Waals surface area contributed by atoms with Gasteiger partial charge < -0.3 is 18.6 Å². The van der Waals surface area contributed by atoms with E-state index in [0.717, 1.165) is 99.5 Å². The van der Waals surface area contributed by atoms with Gasteiger partial charge in [-0.1, -0.05) is 105 Å². The van der Waals surface area contributed by atoms with Crippen molar-refractivity contribution in [3.8, 4) is 11.1 Å². The molecular formula is C59H38F2N2O2. The Morgan fingerprint density at radius 2 is 0.892 bits per heavy atom. The molecule has 4 nitrogen and oxygen atoms in total. The first-order chi connectivity index (χ1) is 31.8. The van der Waals surface area contributed by atoms with Crippen molar-refractivity contribution in [3.05, 3.63) is 217 Å². The lowest BCUT2D eigenvalue weighted by Crippen LogP contribution is -2.17. The molecule has 0 radical (unpaired) electrons. The Labute approximate surface area is 372 Å². The third kappa shape index (κ3) is 5.60. The molecule has 0 N–H and O–H groups in total.